The largest absolute Gasteiger partial charge is 0.496 e. The van der Waals surface area contributed by atoms with E-state index in [1.165, 1.54) is 19.2 Å². The van der Waals surface area contributed by atoms with Gasteiger partial charge in [0.2, 0.25) is 0 Å². The Kier molecular flexibility index (Phi) is 3.53. The first-order chi connectivity index (χ1) is 7.13. The van der Waals surface area contributed by atoms with Crippen LogP contribution in [0.3, 0.4) is 0 Å². The third-order valence-corrected chi connectivity index (χ3v) is 2.21. The molecule has 0 unspecified atom stereocenters. The topological polar surface area (TPSA) is 70.3 Å². The number of alkyl halides is 1. The van der Waals surface area contributed by atoms with Crippen LogP contribution in [0.2, 0.25) is 0 Å². The van der Waals surface area contributed by atoms with Gasteiger partial charge in [0.15, 0.2) is 0 Å². The zero-order valence-corrected chi connectivity index (χ0v) is 8.71. The van der Waals surface area contributed by atoms with Crippen LogP contribution in [0.1, 0.15) is 21.5 Å². The molecule has 0 bridgehead atoms. The molecule has 1 rings (SSSR count). The Morgan fingerprint density at radius 2 is 2.33 bits per heavy atom. The first kappa shape index (κ1) is 11.3. The number of halogens is 1. The first-order valence-electron chi connectivity index (χ1n) is 4.04. The molecule has 0 spiro atoms. The number of carbonyl (C=O) groups is 1. The van der Waals surface area contributed by atoms with Gasteiger partial charge in [0.05, 0.1) is 18.7 Å². The molecule has 1 aromatic rings. The van der Waals surface area contributed by atoms with Crippen molar-refractivity contribution in [3.63, 3.8) is 0 Å². The molecular weight excluding hydrogens is 218 g/mol. The van der Waals surface area contributed by atoms with Crippen molar-refractivity contribution in [3.05, 3.63) is 28.8 Å². The second-order valence-corrected chi connectivity index (χ2v) is 3.03. The summed E-state index contributed by atoms with van der Waals surface area (Å²) in [6.07, 6.45) is 0. The zero-order chi connectivity index (χ0) is 11.4. The molecule has 0 aliphatic heterocycles. The summed E-state index contributed by atoms with van der Waals surface area (Å²) in [5.74, 6) is -0.858. The van der Waals surface area contributed by atoms with Crippen molar-refractivity contribution in [2.45, 2.75) is 5.88 Å². The van der Waals surface area contributed by atoms with E-state index < -0.39 is 5.97 Å². The molecule has 0 aliphatic rings. The van der Waals surface area contributed by atoms with E-state index in [0.717, 1.165) is 0 Å². The number of benzene rings is 1. The Bertz CT molecular complexity index is 437. The molecule has 0 aromatic heterocycles. The molecule has 78 valence electrons. The number of ether oxygens (including phenoxy) is 1. The minimum absolute atomic E-state index is 0.00662. The molecule has 0 heterocycles. The lowest BCUT2D eigenvalue weighted by molar-refractivity contribution is 0.0693. The lowest BCUT2D eigenvalue weighted by Crippen LogP contribution is -2.03. The van der Waals surface area contributed by atoms with Crippen molar-refractivity contribution >= 4 is 17.6 Å². The normalized spacial score (nSPS) is 9.40. The summed E-state index contributed by atoms with van der Waals surface area (Å²) in [5.41, 5.74) is 0.816. The van der Waals surface area contributed by atoms with Gasteiger partial charge in [-0.15, -0.1) is 11.6 Å². The Balaban J connectivity index is 3.42. The summed E-state index contributed by atoms with van der Waals surface area (Å²) in [7, 11) is 1.35. The van der Waals surface area contributed by atoms with Crippen LogP contribution < -0.4 is 4.74 Å². The molecule has 0 atom stereocenters. The number of carboxylic acids is 1. The maximum atomic E-state index is 10.8. The summed E-state index contributed by atoms with van der Waals surface area (Å²) in [4.78, 5) is 10.8. The number of hydrogen-bond donors (Lipinski definition) is 1. The minimum Gasteiger partial charge on any atom is -0.496 e. The van der Waals surface area contributed by atoms with Gasteiger partial charge >= 0.3 is 5.97 Å². The smallest absolute Gasteiger partial charge is 0.339 e. The second kappa shape index (κ2) is 4.67. The van der Waals surface area contributed by atoms with E-state index in [4.69, 9.17) is 26.7 Å². The van der Waals surface area contributed by atoms with Gasteiger partial charge in [0.1, 0.15) is 11.3 Å². The molecule has 0 aliphatic carbocycles. The summed E-state index contributed by atoms with van der Waals surface area (Å²) in [6, 6.07) is 4.66. The number of aromatic carboxylic acids is 1. The monoisotopic (exact) mass is 225 g/mol. The van der Waals surface area contributed by atoms with Crippen molar-refractivity contribution in [2.75, 3.05) is 7.11 Å². The van der Waals surface area contributed by atoms with E-state index in [0.29, 0.717) is 11.1 Å². The number of methoxy groups -OCH3 is 1. The van der Waals surface area contributed by atoms with Crippen LogP contribution in [0.25, 0.3) is 0 Å². The van der Waals surface area contributed by atoms with E-state index in [9.17, 15) is 4.79 Å². The molecule has 1 aromatic carbocycles. The number of rotatable bonds is 3. The highest BCUT2D eigenvalue weighted by Crippen LogP contribution is 2.24. The maximum absolute atomic E-state index is 10.8. The molecule has 1 N–H and O–H groups in total. The minimum atomic E-state index is -1.11. The summed E-state index contributed by atoms with van der Waals surface area (Å²) in [6.45, 7) is 0. The fourth-order valence-corrected chi connectivity index (χ4v) is 1.40. The number of carboxylic acid groups (broad SMARTS) is 1. The fraction of sp³-hybridized carbons (Fsp3) is 0.200. The van der Waals surface area contributed by atoms with Gasteiger partial charge in [-0.2, -0.15) is 5.26 Å². The number of nitriles is 1. The van der Waals surface area contributed by atoms with Crippen LogP contribution in [0.15, 0.2) is 12.1 Å². The molecule has 0 saturated carbocycles. The lowest BCUT2D eigenvalue weighted by Gasteiger charge is -2.07. The van der Waals surface area contributed by atoms with Crippen LogP contribution in [0.5, 0.6) is 5.75 Å². The molecule has 5 heteroatoms. The van der Waals surface area contributed by atoms with E-state index in [1.807, 2.05) is 6.07 Å². The Labute approximate surface area is 91.7 Å². The highest BCUT2D eigenvalue weighted by molar-refractivity contribution is 6.17. The summed E-state index contributed by atoms with van der Waals surface area (Å²) < 4.78 is 4.87. The van der Waals surface area contributed by atoms with Gasteiger partial charge in [-0.05, 0) is 17.7 Å². The zero-order valence-electron chi connectivity index (χ0n) is 7.95. The van der Waals surface area contributed by atoms with Gasteiger partial charge in [-0.1, -0.05) is 0 Å². The van der Waals surface area contributed by atoms with Gasteiger partial charge in [0.25, 0.3) is 0 Å². The van der Waals surface area contributed by atoms with E-state index >= 15 is 0 Å². The third kappa shape index (κ3) is 2.20. The van der Waals surface area contributed by atoms with Gasteiger partial charge in [0, 0.05) is 5.88 Å². The SMILES string of the molecule is COc1cc(C#N)c(CCl)cc1C(=O)O. The van der Waals surface area contributed by atoms with Crippen LogP contribution in [0, 0.1) is 11.3 Å². The first-order valence-corrected chi connectivity index (χ1v) is 4.57. The quantitative estimate of drug-likeness (QED) is 0.799. The second-order valence-electron chi connectivity index (χ2n) is 2.76. The summed E-state index contributed by atoms with van der Waals surface area (Å²) in [5, 5.41) is 17.7. The molecule has 0 fully saturated rings. The Morgan fingerprint density at radius 3 is 2.73 bits per heavy atom. The predicted molar refractivity (Wildman–Crippen MR) is 54.2 cm³/mol. The predicted octanol–water partition coefficient (Wildman–Crippen LogP) is 2.00. The van der Waals surface area contributed by atoms with Gasteiger partial charge < -0.3 is 9.84 Å². The van der Waals surface area contributed by atoms with Crippen LogP contribution in [0.4, 0.5) is 0 Å². The van der Waals surface area contributed by atoms with Crippen molar-refractivity contribution in [3.8, 4) is 11.8 Å². The average molecular weight is 226 g/mol. The Morgan fingerprint density at radius 1 is 1.67 bits per heavy atom. The highest BCUT2D eigenvalue weighted by atomic mass is 35.5. The third-order valence-electron chi connectivity index (χ3n) is 1.92. The van der Waals surface area contributed by atoms with E-state index in [2.05, 4.69) is 0 Å². The van der Waals surface area contributed by atoms with Gasteiger partial charge in [-0.3, -0.25) is 0 Å². The fourth-order valence-electron chi connectivity index (χ4n) is 1.18. The maximum Gasteiger partial charge on any atom is 0.339 e. The molecular formula is C10H8ClNO3. The van der Waals surface area contributed by atoms with Crippen molar-refractivity contribution < 1.29 is 14.6 Å². The molecule has 0 radical (unpaired) electrons. The number of hydrogen-bond acceptors (Lipinski definition) is 3. The van der Waals surface area contributed by atoms with Crippen molar-refractivity contribution in [2.24, 2.45) is 0 Å². The van der Waals surface area contributed by atoms with E-state index in [-0.39, 0.29) is 17.2 Å². The molecule has 4 nitrogen and oxygen atoms in total. The van der Waals surface area contributed by atoms with Crippen molar-refractivity contribution in [1.29, 1.82) is 5.26 Å². The van der Waals surface area contributed by atoms with Crippen LogP contribution in [-0.2, 0) is 5.88 Å². The van der Waals surface area contributed by atoms with Crippen LogP contribution >= 0.6 is 11.6 Å². The summed E-state index contributed by atoms with van der Waals surface area (Å²) >= 11 is 5.60. The lowest BCUT2D eigenvalue weighted by atomic mass is 10.0. The standard InChI is InChI=1S/C10H8ClNO3/c1-15-9-3-7(5-12)6(4-11)2-8(9)10(13)14/h2-3H,4H2,1H3,(H,13,14). The Hall–Kier alpha value is -1.73. The van der Waals surface area contributed by atoms with Gasteiger partial charge in [-0.25, -0.2) is 4.79 Å². The molecule has 0 amide bonds. The number of nitrogens with zero attached hydrogens (tertiary/aromatic N) is 1. The van der Waals surface area contributed by atoms with Crippen molar-refractivity contribution in [1.82, 2.24) is 0 Å². The average Bonchev–Trinajstić information content (AvgIpc) is 2.26. The molecule has 15 heavy (non-hydrogen) atoms. The van der Waals surface area contributed by atoms with Crippen LogP contribution in [-0.4, -0.2) is 18.2 Å². The highest BCUT2D eigenvalue weighted by Gasteiger charge is 2.14. The molecule has 0 saturated heterocycles. The van der Waals surface area contributed by atoms with E-state index in [1.54, 1.807) is 0 Å².